The lowest BCUT2D eigenvalue weighted by atomic mass is 9.89. The van der Waals surface area contributed by atoms with Crippen LogP contribution in [0.5, 0.6) is 0 Å². The predicted octanol–water partition coefficient (Wildman–Crippen LogP) is 1.90. The highest BCUT2D eigenvalue weighted by Gasteiger charge is 2.32. The molecule has 0 radical (unpaired) electrons. The molecule has 0 fully saturated rings. The lowest BCUT2D eigenvalue weighted by molar-refractivity contribution is -0.142. The molecule has 1 rings (SSSR count). The Kier molecular flexibility index (Phi) is 3.17. The molecule has 1 aromatic rings. The van der Waals surface area contributed by atoms with Gasteiger partial charge in [-0.25, -0.2) is 0 Å². The van der Waals surface area contributed by atoms with E-state index in [1.54, 1.807) is 30.8 Å². The van der Waals surface area contributed by atoms with Gasteiger partial charge in [-0.3, -0.25) is 9.48 Å². The highest BCUT2D eigenvalue weighted by Crippen LogP contribution is 2.23. The number of aliphatic carboxylic acids is 1. The highest BCUT2D eigenvalue weighted by atomic mass is 16.4. The maximum atomic E-state index is 11.1. The monoisotopic (exact) mass is 210 g/mol. The van der Waals surface area contributed by atoms with Crippen LogP contribution < -0.4 is 0 Å². The molecule has 1 aromatic heterocycles. The maximum absolute atomic E-state index is 11.1. The molecule has 0 atom stereocenters. The topological polar surface area (TPSA) is 55.1 Å². The number of carboxylic acid groups (broad SMARTS) is 1. The first-order valence-corrected chi connectivity index (χ1v) is 5.11. The van der Waals surface area contributed by atoms with Crippen LogP contribution in [0.1, 0.15) is 33.4 Å². The normalized spacial score (nSPS) is 12.1. The molecule has 4 nitrogen and oxygen atoms in total. The Hall–Kier alpha value is -1.32. The molecule has 0 aliphatic carbocycles. The van der Waals surface area contributed by atoms with Crippen LogP contribution in [0.15, 0.2) is 12.3 Å². The summed E-state index contributed by atoms with van der Waals surface area (Å²) in [6.07, 6.45) is 1.66. The van der Waals surface area contributed by atoms with Crippen LogP contribution in [0.4, 0.5) is 0 Å². The Balaban J connectivity index is 3.04. The molecule has 0 saturated heterocycles. The molecule has 0 amide bonds. The summed E-state index contributed by atoms with van der Waals surface area (Å²) >= 11 is 0. The SMILES string of the molecule is CC(C)Cn1nccc1C(C)(C)C(=O)O. The first-order chi connectivity index (χ1) is 6.85. The molecule has 1 N–H and O–H groups in total. The number of carbonyl (C=O) groups is 1. The van der Waals surface area contributed by atoms with E-state index in [4.69, 9.17) is 5.11 Å². The second-order valence-corrected chi connectivity index (χ2v) is 4.72. The standard InChI is InChI=1S/C11H18N2O2/c1-8(2)7-13-9(5-6-12-13)11(3,4)10(14)15/h5-6,8H,7H2,1-4H3,(H,14,15). The molecule has 0 bridgehead atoms. The van der Waals surface area contributed by atoms with Crippen LogP contribution in [-0.4, -0.2) is 20.9 Å². The van der Waals surface area contributed by atoms with Crippen molar-refractivity contribution in [2.45, 2.75) is 39.7 Å². The fourth-order valence-electron chi connectivity index (χ4n) is 1.46. The molecule has 4 heteroatoms. The minimum Gasteiger partial charge on any atom is -0.481 e. The quantitative estimate of drug-likeness (QED) is 0.825. The van der Waals surface area contributed by atoms with E-state index >= 15 is 0 Å². The number of aromatic nitrogens is 2. The second kappa shape index (κ2) is 4.04. The number of hydrogen-bond acceptors (Lipinski definition) is 2. The zero-order valence-electron chi connectivity index (χ0n) is 9.69. The second-order valence-electron chi connectivity index (χ2n) is 4.72. The van der Waals surface area contributed by atoms with Crippen molar-refractivity contribution in [3.63, 3.8) is 0 Å². The fraction of sp³-hybridized carbons (Fsp3) is 0.636. The molecular weight excluding hydrogens is 192 g/mol. The van der Waals surface area contributed by atoms with E-state index in [9.17, 15) is 4.79 Å². The maximum Gasteiger partial charge on any atom is 0.315 e. The van der Waals surface area contributed by atoms with E-state index < -0.39 is 11.4 Å². The Labute approximate surface area is 89.9 Å². The average molecular weight is 210 g/mol. The molecule has 0 spiro atoms. The Bertz CT molecular complexity index is 353. The van der Waals surface area contributed by atoms with Gasteiger partial charge in [-0.1, -0.05) is 13.8 Å². The Morgan fingerprint density at radius 2 is 2.20 bits per heavy atom. The van der Waals surface area contributed by atoms with Crippen LogP contribution in [-0.2, 0) is 16.8 Å². The zero-order chi connectivity index (χ0) is 11.6. The third-order valence-electron chi connectivity index (χ3n) is 2.43. The largest absolute Gasteiger partial charge is 0.481 e. The molecule has 84 valence electrons. The van der Waals surface area contributed by atoms with Gasteiger partial charge in [0.2, 0.25) is 0 Å². The van der Waals surface area contributed by atoms with Crippen molar-refractivity contribution in [2.24, 2.45) is 5.92 Å². The summed E-state index contributed by atoms with van der Waals surface area (Å²) in [5.74, 6) is -0.374. The van der Waals surface area contributed by atoms with Crippen LogP contribution >= 0.6 is 0 Å². The fourth-order valence-corrected chi connectivity index (χ4v) is 1.46. The van der Waals surface area contributed by atoms with Crippen LogP contribution in [0.3, 0.4) is 0 Å². The van der Waals surface area contributed by atoms with Crippen molar-refractivity contribution in [1.82, 2.24) is 9.78 Å². The molecule has 0 aliphatic rings. The summed E-state index contributed by atoms with van der Waals surface area (Å²) in [6.45, 7) is 8.31. The van der Waals surface area contributed by atoms with Crippen molar-refractivity contribution < 1.29 is 9.90 Å². The molecule has 15 heavy (non-hydrogen) atoms. The third-order valence-corrected chi connectivity index (χ3v) is 2.43. The van der Waals surface area contributed by atoms with Crippen molar-refractivity contribution in [2.75, 3.05) is 0 Å². The molecule has 0 aromatic carbocycles. The number of hydrogen-bond donors (Lipinski definition) is 1. The highest BCUT2D eigenvalue weighted by molar-refractivity contribution is 5.79. The molecule has 0 unspecified atom stereocenters. The number of carboxylic acids is 1. The van der Waals surface area contributed by atoms with Crippen molar-refractivity contribution >= 4 is 5.97 Å². The summed E-state index contributed by atoms with van der Waals surface area (Å²) in [4.78, 5) is 11.1. The average Bonchev–Trinajstić information content (AvgIpc) is 2.51. The van der Waals surface area contributed by atoms with Crippen molar-refractivity contribution in [3.05, 3.63) is 18.0 Å². The van der Waals surface area contributed by atoms with Crippen molar-refractivity contribution in [3.8, 4) is 0 Å². The first-order valence-electron chi connectivity index (χ1n) is 5.11. The molecular formula is C11H18N2O2. The predicted molar refractivity (Wildman–Crippen MR) is 57.7 cm³/mol. The molecule has 0 aliphatic heterocycles. The van der Waals surface area contributed by atoms with Gasteiger partial charge in [0.15, 0.2) is 0 Å². The van der Waals surface area contributed by atoms with Gasteiger partial charge in [0, 0.05) is 12.7 Å². The number of nitrogens with zero attached hydrogens (tertiary/aromatic N) is 2. The van der Waals surface area contributed by atoms with E-state index in [1.165, 1.54) is 0 Å². The van der Waals surface area contributed by atoms with Gasteiger partial charge < -0.3 is 5.11 Å². The Morgan fingerprint density at radius 1 is 1.60 bits per heavy atom. The minimum absolute atomic E-state index is 0.452. The van der Waals surface area contributed by atoms with Gasteiger partial charge in [-0.05, 0) is 25.8 Å². The van der Waals surface area contributed by atoms with Gasteiger partial charge in [-0.2, -0.15) is 5.10 Å². The lowest BCUT2D eigenvalue weighted by Gasteiger charge is -2.21. The molecule has 0 saturated carbocycles. The number of rotatable bonds is 4. The summed E-state index contributed by atoms with van der Waals surface area (Å²) < 4.78 is 1.78. The van der Waals surface area contributed by atoms with Crippen molar-refractivity contribution in [1.29, 1.82) is 0 Å². The van der Waals surface area contributed by atoms with Gasteiger partial charge in [-0.15, -0.1) is 0 Å². The third kappa shape index (κ3) is 2.37. The van der Waals surface area contributed by atoms with Gasteiger partial charge in [0.1, 0.15) is 5.41 Å². The van der Waals surface area contributed by atoms with Crippen LogP contribution in [0, 0.1) is 5.92 Å². The van der Waals surface area contributed by atoms with Crippen LogP contribution in [0.2, 0.25) is 0 Å². The summed E-state index contributed by atoms with van der Waals surface area (Å²) in [5, 5.41) is 13.3. The first kappa shape index (κ1) is 11.8. The zero-order valence-corrected chi connectivity index (χ0v) is 9.69. The van der Waals surface area contributed by atoms with Gasteiger partial charge in [0.25, 0.3) is 0 Å². The van der Waals surface area contributed by atoms with E-state index in [-0.39, 0.29) is 0 Å². The summed E-state index contributed by atoms with van der Waals surface area (Å²) in [5.41, 5.74) is -0.130. The van der Waals surface area contributed by atoms with E-state index in [2.05, 4.69) is 18.9 Å². The smallest absolute Gasteiger partial charge is 0.315 e. The van der Waals surface area contributed by atoms with Gasteiger partial charge >= 0.3 is 5.97 Å². The van der Waals surface area contributed by atoms with E-state index in [1.807, 2.05) is 0 Å². The summed E-state index contributed by atoms with van der Waals surface area (Å²) in [6, 6.07) is 1.77. The van der Waals surface area contributed by atoms with E-state index in [0.717, 1.165) is 12.2 Å². The Morgan fingerprint density at radius 3 is 2.67 bits per heavy atom. The minimum atomic E-state index is -0.884. The lowest BCUT2D eigenvalue weighted by Crippen LogP contribution is -2.32. The van der Waals surface area contributed by atoms with Crippen LogP contribution in [0.25, 0.3) is 0 Å². The van der Waals surface area contributed by atoms with Gasteiger partial charge in [0.05, 0.1) is 5.69 Å². The van der Waals surface area contributed by atoms with E-state index in [0.29, 0.717) is 5.92 Å². The summed E-state index contributed by atoms with van der Waals surface area (Å²) in [7, 11) is 0. The molecule has 1 heterocycles.